The fourth-order valence-electron chi connectivity index (χ4n) is 1.06. The molecule has 0 radical (unpaired) electrons. The molecule has 0 aromatic rings. The monoisotopic (exact) mass is 184 g/mol. The Balaban J connectivity index is 3.62. The number of hydrogen-bond donors (Lipinski definition) is 0. The topological polar surface area (TPSA) is 26.3 Å². The normalized spacial score (nSPS) is 13.2. The lowest BCUT2D eigenvalue weighted by atomic mass is 10.0. The number of unbranched alkanes of at least 4 members (excludes halogenated alkanes) is 1. The van der Waals surface area contributed by atoms with Crippen LogP contribution < -0.4 is 0 Å². The minimum Gasteiger partial charge on any atom is -0.463 e. The molecule has 0 aliphatic heterocycles. The molecule has 13 heavy (non-hydrogen) atoms. The van der Waals surface area contributed by atoms with Crippen LogP contribution in [0.4, 0.5) is 0 Å². The van der Waals surface area contributed by atoms with E-state index >= 15 is 0 Å². The van der Waals surface area contributed by atoms with Gasteiger partial charge in [-0.15, -0.1) is 0 Å². The Hall–Kier alpha value is -0.790. The Bertz CT molecular complexity index is 161. The summed E-state index contributed by atoms with van der Waals surface area (Å²) in [7, 11) is 0. The third-order valence-corrected chi connectivity index (χ3v) is 1.86. The molecule has 0 heterocycles. The average molecular weight is 184 g/mol. The van der Waals surface area contributed by atoms with Gasteiger partial charge in [0.15, 0.2) is 0 Å². The molecule has 0 fully saturated rings. The van der Waals surface area contributed by atoms with E-state index in [1.807, 2.05) is 13.0 Å². The van der Waals surface area contributed by atoms with Gasteiger partial charge >= 0.3 is 5.97 Å². The molecule has 0 rings (SSSR count). The van der Waals surface area contributed by atoms with E-state index in [0.717, 1.165) is 6.42 Å². The molecule has 0 saturated carbocycles. The summed E-state index contributed by atoms with van der Waals surface area (Å²) in [5, 5.41) is 0. The van der Waals surface area contributed by atoms with E-state index in [9.17, 15) is 4.79 Å². The van der Waals surface area contributed by atoms with Crippen molar-refractivity contribution in [1.82, 2.24) is 0 Å². The molecular formula is C11H20O2. The van der Waals surface area contributed by atoms with Crippen LogP contribution in [-0.4, -0.2) is 12.6 Å². The van der Waals surface area contributed by atoms with Crippen molar-refractivity contribution in [2.45, 2.75) is 40.0 Å². The number of ether oxygens (including phenoxy) is 1. The van der Waals surface area contributed by atoms with Gasteiger partial charge in [0.2, 0.25) is 0 Å². The molecule has 0 aromatic heterocycles. The van der Waals surface area contributed by atoms with Gasteiger partial charge in [-0.1, -0.05) is 32.8 Å². The maximum absolute atomic E-state index is 10.9. The SMILES string of the molecule is CCCC[C@H](C)/C=C/C(=O)OCC. The van der Waals surface area contributed by atoms with Crippen molar-refractivity contribution >= 4 is 5.97 Å². The minimum absolute atomic E-state index is 0.231. The first kappa shape index (κ1) is 12.2. The zero-order valence-electron chi connectivity index (χ0n) is 8.88. The highest BCUT2D eigenvalue weighted by atomic mass is 16.5. The van der Waals surface area contributed by atoms with E-state index in [2.05, 4.69) is 13.8 Å². The molecule has 0 bridgehead atoms. The first-order chi connectivity index (χ1) is 6.20. The summed E-state index contributed by atoms with van der Waals surface area (Å²) >= 11 is 0. The highest BCUT2D eigenvalue weighted by Crippen LogP contribution is 2.08. The molecule has 2 heteroatoms. The second kappa shape index (κ2) is 7.84. The van der Waals surface area contributed by atoms with Crippen LogP contribution in [0.5, 0.6) is 0 Å². The van der Waals surface area contributed by atoms with Crippen molar-refractivity contribution in [3.05, 3.63) is 12.2 Å². The maximum atomic E-state index is 10.9. The number of hydrogen-bond acceptors (Lipinski definition) is 2. The van der Waals surface area contributed by atoms with Gasteiger partial charge in [-0.05, 0) is 19.3 Å². The van der Waals surface area contributed by atoms with Crippen LogP contribution in [0.2, 0.25) is 0 Å². The Labute approximate surface area is 81.0 Å². The first-order valence-corrected chi connectivity index (χ1v) is 5.05. The molecule has 1 atom stereocenters. The number of rotatable bonds is 6. The van der Waals surface area contributed by atoms with Crippen LogP contribution in [0, 0.1) is 5.92 Å². The smallest absolute Gasteiger partial charge is 0.330 e. The number of carbonyl (C=O) groups is 1. The number of carbonyl (C=O) groups excluding carboxylic acids is 1. The first-order valence-electron chi connectivity index (χ1n) is 5.05. The van der Waals surface area contributed by atoms with Gasteiger partial charge in [-0.2, -0.15) is 0 Å². The maximum Gasteiger partial charge on any atom is 0.330 e. The Kier molecular flexibility index (Phi) is 7.36. The minimum atomic E-state index is -0.231. The van der Waals surface area contributed by atoms with E-state index in [4.69, 9.17) is 4.74 Å². The van der Waals surface area contributed by atoms with E-state index in [-0.39, 0.29) is 5.97 Å². The summed E-state index contributed by atoms with van der Waals surface area (Å²) < 4.78 is 4.77. The zero-order valence-corrected chi connectivity index (χ0v) is 8.88. The van der Waals surface area contributed by atoms with E-state index in [1.54, 1.807) is 0 Å². The molecular weight excluding hydrogens is 164 g/mol. The molecule has 0 aliphatic carbocycles. The second-order valence-corrected chi connectivity index (χ2v) is 3.23. The van der Waals surface area contributed by atoms with E-state index in [1.165, 1.54) is 18.9 Å². The average Bonchev–Trinajstić information content (AvgIpc) is 2.12. The lowest BCUT2D eigenvalue weighted by molar-refractivity contribution is -0.137. The molecule has 76 valence electrons. The van der Waals surface area contributed by atoms with Crippen LogP contribution in [0.3, 0.4) is 0 Å². The molecule has 0 N–H and O–H groups in total. The lowest BCUT2D eigenvalue weighted by Gasteiger charge is -2.03. The van der Waals surface area contributed by atoms with Gasteiger partial charge in [0.05, 0.1) is 6.61 Å². The van der Waals surface area contributed by atoms with Crippen molar-refractivity contribution in [3.8, 4) is 0 Å². The quantitative estimate of drug-likeness (QED) is 0.468. The van der Waals surface area contributed by atoms with Crippen molar-refractivity contribution in [2.24, 2.45) is 5.92 Å². The number of esters is 1. The summed E-state index contributed by atoms with van der Waals surface area (Å²) in [6.07, 6.45) is 7.02. The molecule has 2 nitrogen and oxygen atoms in total. The third-order valence-electron chi connectivity index (χ3n) is 1.86. The van der Waals surface area contributed by atoms with Gasteiger partial charge in [0, 0.05) is 6.08 Å². The number of allylic oxidation sites excluding steroid dienone is 1. The zero-order chi connectivity index (χ0) is 10.1. The second-order valence-electron chi connectivity index (χ2n) is 3.23. The van der Waals surface area contributed by atoms with Gasteiger partial charge in [-0.3, -0.25) is 0 Å². The Morgan fingerprint density at radius 2 is 2.15 bits per heavy atom. The van der Waals surface area contributed by atoms with Gasteiger partial charge in [0.25, 0.3) is 0 Å². The summed E-state index contributed by atoms with van der Waals surface area (Å²) in [5.74, 6) is 0.246. The van der Waals surface area contributed by atoms with Crippen LogP contribution >= 0.6 is 0 Å². The highest BCUT2D eigenvalue weighted by Gasteiger charge is 1.98. The molecule has 0 unspecified atom stereocenters. The Morgan fingerprint density at radius 3 is 2.69 bits per heavy atom. The van der Waals surface area contributed by atoms with Gasteiger partial charge in [0.1, 0.15) is 0 Å². The van der Waals surface area contributed by atoms with Crippen molar-refractivity contribution in [3.63, 3.8) is 0 Å². The van der Waals surface area contributed by atoms with Crippen LogP contribution in [-0.2, 0) is 9.53 Å². The lowest BCUT2D eigenvalue weighted by Crippen LogP contribution is -2.00. The summed E-state index contributed by atoms with van der Waals surface area (Å²) in [4.78, 5) is 10.9. The van der Waals surface area contributed by atoms with Crippen LogP contribution in [0.15, 0.2) is 12.2 Å². The van der Waals surface area contributed by atoms with Crippen molar-refractivity contribution < 1.29 is 9.53 Å². The standard InChI is InChI=1S/C11H20O2/c1-4-6-7-10(3)8-9-11(12)13-5-2/h8-10H,4-7H2,1-3H3/b9-8+/t10-/m0/s1. The van der Waals surface area contributed by atoms with Crippen LogP contribution in [0.1, 0.15) is 40.0 Å². The van der Waals surface area contributed by atoms with E-state index in [0.29, 0.717) is 12.5 Å². The third kappa shape index (κ3) is 7.57. The molecule has 0 amide bonds. The van der Waals surface area contributed by atoms with Crippen molar-refractivity contribution in [2.75, 3.05) is 6.61 Å². The summed E-state index contributed by atoms with van der Waals surface area (Å²) in [5.41, 5.74) is 0. The van der Waals surface area contributed by atoms with Crippen molar-refractivity contribution in [1.29, 1.82) is 0 Å². The molecule has 0 saturated heterocycles. The summed E-state index contributed by atoms with van der Waals surface area (Å²) in [6, 6.07) is 0. The van der Waals surface area contributed by atoms with Gasteiger partial charge < -0.3 is 4.74 Å². The Morgan fingerprint density at radius 1 is 1.46 bits per heavy atom. The largest absolute Gasteiger partial charge is 0.463 e. The predicted octanol–water partition coefficient (Wildman–Crippen LogP) is 2.93. The molecule has 0 aliphatic rings. The fraction of sp³-hybridized carbons (Fsp3) is 0.727. The fourth-order valence-corrected chi connectivity index (χ4v) is 1.06. The predicted molar refractivity (Wildman–Crippen MR) is 54.5 cm³/mol. The summed E-state index contributed by atoms with van der Waals surface area (Å²) in [6.45, 7) is 6.55. The molecule has 0 spiro atoms. The molecule has 0 aromatic carbocycles. The highest BCUT2D eigenvalue weighted by molar-refractivity contribution is 5.81. The van der Waals surface area contributed by atoms with E-state index < -0.39 is 0 Å². The van der Waals surface area contributed by atoms with Crippen LogP contribution in [0.25, 0.3) is 0 Å². The van der Waals surface area contributed by atoms with Gasteiger partial charge in [-0.25, -0.2) is 4.79 Å².